The molecule has 8 heteroatoms. The summed E-state index contributed by atoms with van der Waals surface area (Å²) in [4.78, 5) is 0. The van der Waals surface area contributed by atoms with E-state index in [-0.39, 0.29) is 18.6 Å². The van der Waals surface area contributed by atoms with Crippen LogP contribution in [0.4, 0.5) is 0 Å². The molecular formula is C9H19NO5S2. The third-order valence-corrected chi connectivity index (χ3v) is 6.28. The number of sulfone groups is 1. The molecule has 0 amide bonds. The molecule has 0 heterocycles. The molecule has 1 aliphatic carbocycles. The molecule has 2 unspecified atom stereocenters. The van der Waals surface area contributed by atoms with Crippen molar-refractivity contribution in [2.24, 2.45) is 5.92 Å². The monoisotopic (exact) mass is 285 g/mol. The Morgan fingerprint density at radius 1 is 1.24 bits per heavy atom. The van der Waals surface area contributed by atoms with Gasteiger partial charge in [0.1, 0.15) is 0 Å². The number of rotatable bonds is 5. The molecule has 0 aromatic carbocycles. The lowest BCUT2D eigenvalue weighted by Gasteiger charge is -2.25. The second-order valence-corrected chi connectivity index (χ2v) is 9.01. The Hall–Kier alpha value is -0.180. The maximum atomic E-state index is 11.4. The van der Waals surface area contributed by atoms with E-state index in [4.69, 9.17) is 0 Å². The van der Waals surface area contributed by atoms with Crippen molar-refractivity contribution in [3.63, 3.8) is 0 Å². The van der Waals surface area contributed by atoms with E-state index in [9.17, 15) is 21.9 Å². The van der Waals surface area contributed by atoms with E-state index in [1.54, 1.807) is 0 Å². The summed E-state index contributed by atoms with van der Waals surface area (Å²) in [7, 11) is -7.32. The lowest BCUT2D eigenvalue weighted by molar-refractivity contribution is 0.102. The van der Waals surface area contributed by atoms with Gasteiger partial charge in [-0.2, -0.15) is 0 Å². The Bertz CT molecular complexity index is 442. The summed E-state index contributed by atoms with van der Waals surface area (Å²) in [6, 6.07) is 0. The molecule has 2 atom stereocenters. The fourth-order valence-corrected chi connectivity index (χ4v) is 5.09. The summed E-state index contributed by atoms with van der Waals surface area (Å²) < 4.78 is 46.9. The quantitative estimate of drug-likeness (QED) is 0.706. The van der Waals surface area contributed by atoms with E-state index < -0.39 is 24.9 Å². The van der Waals surface area contributed by atoms with Gasteiger partial charge in [-0.3, -0.25) is 0 Å². The summed E-state index contributed by atoms with van der Waals surface area (Å²) in [6.45, 7) is 0.203. The van der Waals surface area contributed by atoms with Crippen molar-refractivity contribution in [3.8, 4) is 0 Å². The Morgan fingerprint density at radius 2 is 1.88 bits per heavy atom. The zero-order valence-corrected chi connectivity index (χ0v) is 11.4. The molecule has 1 rings (SSSR count). The number of sulfonamides is 1. The maximum Gasteiger partial charge on any atom is 0.226 e. The van der Waals surface area contributed by atoms with Gasteiger partial charge in [-0.1, -0.05) is 6.42 Å². The minimum Gasteiger partial charge on any atom is -0.393 e. The van der Waals surface area contributed by atoms with Gasteiger partial charge in [0, 0.05) is 12.8 Å². The number of hydrogen-bond donors (Lipinski definition) is 2. The summed E-state index contributed by atoms with van der Waals surface area (Å²) in [5.74, 6) is 0.0908. The first-order valence-electron chi connectivity index (χ1n) is 5.51. The molecule has 2 N–H and O–H groups in total. The molecule has 0 saturated heterocycles. The van der Waals surface area contributed by atoms with Crippen molar-refractivity contribution in [2.45, 2.75) is 31.8 Å². The summed E-state index contributed by atoms with van der Waals surface area (Å²) in [6.07, 6.45) is 3.58. The number of hydrogen-bond acceptors (Lipinski definition) is 5. The first-order valence-corrected chi connectivity index (χ1v) is 9.22. The third kappa shape index (κ3) is 6.35. The number of aliphatic hydroxyl groups is 1. The highest BCUT2D eigenvalue weighted by Gasteiger charge is 2.23. The Kier molecular flexibility index (Phi) is 4.94. The predicted molar refractivity (Wildman–Crippen MR) is 64.6 cm³/mol. The molecule has 1 aliphatic rings. The summed E-state index contributed by atoms with van der Waals surface area (Å²) in [5, 5.41) is 8.54. The van der Waals surface area contributed by atoms with Gasteiger partial charge in [-0.05, 0) is 25.2 Å². The zero-order chi connectivity index (χ0) is 13.1. The van der Waals surface area contributed by atoms with E-state index in [1.807, 2.05) is 0 Å². The molecule has 0 aromatic heterocycles. The van der Waals surface area contributed by atoms with Crippen LogP contribution in [-0.2, 0) is 19.9 Å². The molecule has 0 aromatic rings. The Balaban J connectivity index is 2.44. The molecule has 6 nitrogen and oxygen atoms in total. The van der Waals surface area contributed by atoms with Crippen LogP contribution in [0.15, 0.2) is 0 Å². The first-order chi connectivity index (χ1) is 7.68. The third-order valence-electron chi connectivity index (χ3n) is 2.72. The van der Waals surface area contributed by atoms with Gasteiger partial charge in [-0.25, -0.2) is 21.6 Å². The second-order valence-electron chi connectivity index (χ2n) is 4.69. The molecular weight excluding hydrogens is 266 g/mol. The number of nitrogens with one attached hydrogen (secondary N) is 1. The largest absolute Gasteiger partial charge is 0.393 e. The van der Waals surface area contributed by atoms with Crippen LogP contribution in [0.25, 0.3) is 0 Å². The number of aliphatic hydroxyl groups excluding tert-OH is 1. The van der Waals surface area contributed by atoms with Crippen molar-refractivity contribution in [1.82, 2.24) is 4.72 Å². The van der Waals surface area contributed by atoms with Crippen LogP contribution in [0.1, 0.15) is 25.7 Å². The predicted octanol–water partition coefficient (Wildman–Crippen LogP) is -0.541. The van der Waals surface area contributed by atoms with E-state index in [0.717, 1.165) is 25.5 Å². The van der Waals surface area contributed by atoms with Gasteiger partial charge in [-0.15, -0.1) is 0 Å². The molecule has 17 heavy (non-hydrogen) atoms. The van der Waals surface area contributed by atoms with Crippen molar-refractivity contribution in [1.29, 1.82) is 0 Å². The van der Waals surface area contributed by atoms with Gasteiger partial charge in [0.15, 0.2) is 14.9 Å². The average molecular weight is 285 g/mol. The van der Waals surface area contributed by atoms with E-state index in [0.29, 0.717) is 6.42 Å². The first kappa shape index (κ1) is 14.9. The van der Waals surface area contributed by atoms with E-state index in [1.165, 1.54) is 0 Å². The van der Waals surface area contributed by atoms with Crippen LogP contribution >= 0.6 is 0 Å². The molecule has 0 spiro atoms. The lowest BCUT2D eigenvalue weighted by Crippen LogP contribution is -2.35. The van der Waals surface area contributed by atoms with Gasteiger partial charge in [0.05, 0.1) is 6.10 Å². The van der Waals surface area contributed by atoms with Crippen molar-refractivity contribution >= 4 is 19.9 Å². The molecule has 0 aliphatic heterocycles. The van der Waals surface area contributed by atoms with Gasteiger partial charge in [0.2, 0.25) is 10.0 Å². The maximum absolute atomic E-state index is 11.4. The average Bonchev–Trinajstić information content (AvgIpc) is 2.11. The van der Waals surface area contributed by atoms with Gasteiger partial charge in [0.25, 0.3) is 0 Å². The van der Waals surface area contributed by atoms with Crippen LogP contribution in [0.5, 0.6) is 0 Å². The van der Waals surface area contributed by atoms with Crippen LogP contribution in [-0.4, -0.2) is 45.9 Å². The van der Waals surface area contributed by atoms with Gasteiger partial charge >= 0.3 is 0 Å². The van der Waals surface area contributed by atoms with Crippen molar-refractivity contribution < 1.29 is 21.9 Å². The molecule has 1 fully saturated rings. The molecule has 1 saturated carbocycles. The highest BCUT2D eigenvalue weighted by atomic mass is 32.3. The highest BCUT2D eigenvalue weighted by molar-refractivity contribution is 8.06. The highest BCUT2D eigenvalue weighted by Crippen LogP contribution is 2.23. The Morgan fingerprint density at radius 3 is 2.41 bits per heavy atom. The van der Waals surface area contributed by atoms with Gasteiger partial charge < -0.3 is 5.11 Å². The topological polar surface area (TPSA) is 101 Å². The van der Waals surface area contributed by atoms with Crippen molar-refractivity contribution in [2.75, 3.05) is 17.9 Å². The van der Waals surface area contributed by atoms with Crippen LogP contribution in [0, 0.1) is 5.92 Å². The minimum absolute atomic E-state index is 0.0908. The normalized spacial score (nSPS) is 26.9. The SMILES string of the molecule is CS(=O)(=O)CS(=O)(=O)NCC1CCCC(O)C1. The van der Waals surface area contributed by atoms with Crippen LogP contribution in [0.3, 0.4) is 0 Å². The molecule has 0 radical (unpaired) electrons. The lowest BCUT2D eigenvalue weighted by atomic mass is 9.87. The van der Waals surface area contributed by atoms with E-state index in [2.05, 4.69) is 4.72 Å². The fraction of sp³-hybridized carbons (Fsp3) is 1.00. The Labute approximate surface area is 102 Å². The summed E-state index contributed by atoms with van der Waals surface area (Å²) >= 11 is 0. The fourth-order valence-electron chi connectivity index (χ4n) is 2.02. The minimum atomic E-state index is -3.78. The summed E-state index contributed by atoms with van der Waals surface area (Å²) in [5.41, 5.74) is 0. The molecule has 0 bridgehead atoms. The standard InChI is InChI=1S/C9H19NO5S2/c1-16(12,13)7-17(14,15)10-6-8-3-2-4-9(11)5-8/h8-11H,2-7H2,1H3. The van der Waals surface area contributed by atoms with Crippen LogP contribution in [0.2, 0.25) is 0 Å². The second kappa shape index (κ2) is 5.64. The van der Waals surface area contributed by atoms with Crippen molar-refractivity contribution in [3.05, 3.63) is 0 Å². The molecule has 102 valence electrons. The smallest absolute Gasteiger partial charge is 0.226 e. The van der Waals surface area contributed by atoms with E-state index >= 15 is 0 Å². The zero-order valence-electron chi connectivity index (χ0n) is 9.79. The van der Waals surface area contributed by atoms with Crippen LogP contribution < -0.4 is 4.72 Å².